The molecule has 0 unspecified atom stereocenters. The number of benzene rings is 2. The third-order valence-corrected chi connectivity index (χ3v) is 5.11. The smallest absolute Gasteiger partial charge is 0.241 e. The van der Waals surface area contributed by atoms with E-state index in [4.69, 9.17) is 0 Å². The van der Waals surface area contributed by atoms with E-state index in [2.05, 4.69) is 15.0 Å². The SMILES string of the molecule is CC(=O)Nc1cccc2c(S(=O)(=O)NCc3ccccn3)cccc12. The Balaban J connectivity index is 1.98. The summed E-state index contributed by atoms with van der Waals surface area (Å²) >= 11 is 0. The van der Waals surface area contributed by atoms with Crippen LogP contribution in [0, 0.1) is 0 Å². The molecule has 0 atom stereocenters. The van der Waals surface area contributed by atoms with E-state index in [0.717, 1.165) is 0 Å². The maximum atomic E-state index is 12.7. The average Bonchev–Trinajstić information content (AvgIpc) is 2.60. The van der Waals surface area contributed by atoms with E-state index in [-0.39, 0.29) is 17.3 Å². The number of aromatic nitrogens is 1. The van der Waals surface area contributed by atoms with Crippen LogP contribution < -0.4 is 10.0 Å². The molecule has 0 bridgehead atoms. The summed E-state index contributed by atoms with van der Waals surface area (Å²) in [5.41, 5.74) is 1.21. The maximum Gasteiger partial charge on any atom is 0.241 e. The van der Waals surface area contributed by atoms with Crippen molar-refractivity contribution in [3.05, 3.63) is 66.5 Å². The fourth-order valence-electron chi connectivity index (χ4n) is 2.56. The lowest BCUT2D eigenvalue weighted by molar-refractivity contribution is -0.114. The predicted molar refractivity (Wildman–Crippen MR) is 96.5 cm³/mol. The first-order valence-electron chi connectivity index (χ1n) is 7.66. The van der Waals surface area contributed by atoms with Crippen LogP contribution in [0.15, 0.2) is 65.7 Å². The Kier molecular flexibility index (Phi) is 4.78. The molecule has 6 nitrogen and oxygen atoms in total. The molecule has 2 aromatic carbocycles. The summed E-state index contributed by atoms with van der Waals surface area (Å²) in [6.07, 6.45) is 1.61. The third-order valence-electron chi connectivity index (χ3n) is 3.65. The lowest BCUT2D eigenvalue weighted by atomic mass is 10.1. The van der Waals surface area contributed by atoms with Gasteiger partial charge in [-0.05, 0) is 24.3 Å². The normalized spacial score (nSPS) is 11.4. The van der Waals surface area contributed by atoms with Crippen molar-refractivity contribution >= 4 is 32.4 Å². The Hall–Kier alpha value is -2.77. The highest BCUT2D eigenvalue weighted by molar-refractivity contribution is 7.89. The maximum absolute atomic E-state index is 12.7. The van der Waals surface area contributed by atoms with Gasteiger partial charge in [0.1, 0.15) is 0 Å². The number of hydrogen-bond donors (Lipinski definition) is 2. The molecule has 3 aromatic rings. The molecule has 0 aliphatic heterocycles. The summed E-state index contributed by atoms with van der Waals surface area (Å²) in [7, 11) is -3.73. The highest BCUT2D eigenvalue weighted by Crippen LogP contribution is 2.28. The number of rotatable bonds is 5. The van der Waals surface area contributed by atoms with Crippen LogP contribution >= 0.6 is 0 Å². The van der Waals surface area contributed by atoms with Crippen molar-refractivity contribution in [3.63, 3.8) is 0 Å². The molecule has 0 aliphatic carbocycles. The van der Waals surface area contributed by atoms with Gasteiger partial charge in [0.15, 0.2) is 0 Å². The second-order valence-electron chi connectivity index (χ2n) is 5.48. The molecule has 0 fully saturated rings. The molecule has 2 N–H and O–H groups in total. The molecule has 128 valence electrons. The molecule has 0 saturated heterocycles. The number of carbonyl (C=O) groups is 1. The highest BCUT2D eigenvalue weighted by atomic mass is 32.2. The molecule has 1 aromatic heterocycles. The zero-order valence-corrected chi connectivity index (χ0v) is 14.4. The topological polar surface area (TPSA) is 88.2 Å². The van der Waals surface area contributed by atoms with Crippen LogP contribution in [-0.4, -0.2) is 19.3 Å². The van der Waals surface area contributed by atoms with Crippen molar-refractivity contribution in [2.75, 3.05) is 5.32 Å². The van der Waals surface area contributed by atoms with Gasteiger partial charge in [-0.1, -0.05) is 30.3 Å². The van der Waals surface area contributed by atoms with Gasteiger partial charge in [-0.3, -0.25) is 9.78 Å². The fourth-order valence-corrected chi connectivity index (χ4v) is 3.78. The van der Waals surface area contributed by atoms with E-state index < -0.39 is 10.0 Å². The summed E-state index contributed by atoms with van der Waals surface area (Å²) in [4.78, 5) is 15.6. The molecule has 0 aliphatic rings. The summed E-state index contributed by atoms with van der Waals surface area (Å²) in [6, 6.07) is 15.5. The van der Waals surface area contributed by atoms with Gasteiger partial charge in [0, 0.05) is 29.6 Å². The van der Waals surface area contributed by atoms with Crippen LogP contribution in [-0.2, 0) is 21.4 Å². The van der Waals surface area contributed by atoms with Crippen molar-refractivity contribution in [1.29, 1.82) is 0 Å². The molecular formula is C18H17N3O3S. The molecule has 0 spiro atoms. The monoisotopic (exact) mass is 355 g/mol. The van der Waals surface area contributed by atoms with Gasteiger partial charge in [0.25, 0.3) is 0 Å². The number of nitrogens with zero attached hydrogens (tertiary/aromatic N) is 1. The summed E-state index contributed by atoms with van der Waals surface area (Å²) < 4.78 is 28.0. The molecule has 25 heavy (non-hydrogen) atoms. The van der Waals surface area contributed by atoms with Gasteiger partial charge in [-0.15, -0.1) is 0 Å². The molecule has 1 amide bonds. The van der Waals surface area contributed by atoms with E-state index in [1.807, 2.05) is 0 Å². The first-order valence-corrected chi connectivity index (χ1v) is 9.14. The first-order chi connectivity index (χ1) is 12.0. The van der Waals surface area contributed by atoms with Gasteiger partial charge in [0.05, 0.1) is 17.1 Å². The molecule has 3 rings (SSSR count). The van der Waals surface area contributed by atoms with Crippen LogP contribution in [0.1, 0.15) is 12.6 Å². The summed E-state index contributed by atoms with van der Waals surface area (Å²) in [5, 5.41) is 3.93. The minimum absolute atomic E-state index is 0.102. The third kappa shape index (κ3) is 3.84. The number of anilines is 1. The zero-order valence-electron chi connectivity index (χ0n) is 13.6. The van der Waals surface area contributed by atoms with E-state index in [1.54, 1.807) is 60.8 Å². The lowest BCUT2D eigenvalue weighted by Gasteiger charge is -2.12. The second-order valence-corrected chi connectivity index (χ2v) is 7.22. The summed E-state index contributed by atoms with van der Waals surface area (Å²) in [6.45, 7) is 1.51. The van der Waals surface area contributed by atoms with Gasteiger partial charge in [-0.2, -0.15) is 0 Å². The van der Waals surface area contributed by atoms with Crippen LogP contribution in [0.2, 0.25) is 0 Å². The number of carbonyl (C=O) groups excluding carboxylic acids is 1. The van der Waals surface area contributed by atoms with Crippen LogP contribution in [0.5, 0.6) is 0 Å². The van der Waals surface area contributed by atoms with Gasteiger partial charge < -0.3 is 5.32 Å². The number of fused-ring (bicyclic) bond motifs is 1. The molecule has 0 radical (unpaired) electrons. The van der Waals surface area contributed by atoms with Gasteiger partial charge >= 0.3 is 0 Å². The molecule has 7 heteroatoms. The Morgan fingerprint density at radius 2 is 1.76 bits per heavy atom. The Labute approximate surface area is 146 Å². The Morgan fingerprint density at radius 1 is 1.00 bits per heavy atom. The minimum Gasteiger partial charge on any atom is -0.326 e. The number of pyridine rings is 1. The van der Waals surface area contributed by atoms with Crippen LogP contribution in [0.25, 0.3) is 10.8 Å². The summed E-state index contributed by atoms with van der Waals surface area (Å²) in [5.74, 6) is -0.214. The zero-order chi connectivity index (χ0) is 17.9. The average molecular weight is 355 g/mol. The van der Waals surface area contributed by atoms with E-state index in [1.165, 1.54) is 6.92 Å². The van der Waals surface area contributed by atoms with E-state index in [9.17, 15) is 13.2 Å². The fraction of sp³-hybridized carbons (Fsp3) is 0.111. The van der Waals surface area contributed by atoms with Crippen LogP contribution in [0.3, 0.4) is 0 Å². The van der Waals surface area contributed by atoms with Crippen molar-refractivity contribution < 1.29 is 13.2 Å². The largest absolute Gasteiger partial charge is 0.326 e. The van der Waals surface area contributed by atoms with Gasteiger partial charge in [0.2, 0.25) is 15.9 Å². The number of sulfonamides is 1. The lowest BCUT2D eigenvalue weighted by Crippen LogP contribution is -2.24. The number of nitrogens with one attached hydrogen (secondary N) is 2. The predicted octanol–water partition coefficient (Wildman–Crippen LogP) is 2.67. The van der Waals surface area contributed by atoms with Gasteiger partial charge in [-0.25, -0.2) is 13.1 Å². The number of amides is 1. The highest BCUT2D eigenvalue weighted by Gasteiger charge is 2.18. The molecule has 1 heterocycles. The van der Waals surface area contributed by atoms with E-state index in [0.29, 0.717) is 22.2 Å². The first kappa shape index (κ1) is 17.1. The van der Waals surface area contributed by atoms with Crippen molar-refractivity contribution in [2.24, 2.45) is 0 Å². The standard InChI is InChI=1S/C18H17N3O3S/c1-13(22)21-17-9-4-8-16-15(17)7-5-10-18(16)25(23,24)20-12-14-6-2-3-11-19-14/h2-11,20H,12H2,1H3,(H,21,22). The quantitative estimate of drug-likeness (QED) is 0.736. The number of hydrogen-bond acceptors (Lipinski definition) is 4. The Bertz CT molecular complexity index is 1020. The van der Waals surface area contributed by atoms with Crippen LogP contribution in [0.4, 0.5) is 5.69 Å². The molecular weight excluding hydrogens is 338 g/mol. The van der Waals surface area contributed by atoms with Crippen molar-refractivity contribution in [2.45, 2.75) is 18.4 Å². The minimum atomic E-state index is -3.73. The van der Waals surface area contributed by atoms with Crippen molar-refractivity contribution in [3.8, 4) is 0 Å². The van der Waals surface area contributed by atoms with E-state index >= 15 is 0 Å². The Morgan fingerprint density at radius 3 is 2.48 bits per heavy atom. The molecule has 0 saturated carbocycles. The second kappa shape index (κ2) is 7.00. The van der Waals surface area contributed by atoms with Crippen molar-refractivity contribution in [1.82, 2.24) is 9.71 Å².